The second-order valence-electron chi connectivity index (χ2n) is 18.3. The molecule has 7 nitrogen and oxygen atoms in total. The Labute approximate surface area is 335 Å². The van der Waals surface area contributed by atoms with Gasteiger partial charge in [-0.2, -0.15) is 0 Å². The minimum atomic E-state index is -0.186. The molecule has 0 saturated heterocycles. The molecule has 0 atom stereocenters. The van der Waals surface area contributed by atoms with E-state index in [1.165, 1.54) is 11.1 Å². The Morgan fingerprint density at radius 3 is 1.19 bits per heavy atom. The van der Waals surface area contributed by atoms with E-state index in [9.17, 15) is 0 Å². The SMILES string of the molecule is CC(C)(C)c1cc(N(c2cc(C(C)(C)C)cc(-n3[c-]nc4ccccc43)n2)c2cc(C(C)(C)C)cc(-n3[c-]nc4ccccc43)n2)cc(C(C)(C)C)c1.[Pt+2]. The van der Waals surface area contributed by atoms with Gasteiger partial charge in [-0.1, -0.05) is 161 Å². The van der Waals surface area contributed by atoms with Gasteiger partial charge in [-0.05, 0) is 79.2 Å². The summed E-state index contributed by atoms with van der Waals surface area (Å²) < 4.78 is 3.94. The van der Waals surface area contributed by atoms with E-state index < -0.39 is 0 Å². The molecule has 0 radical (unpaired) electrons. The van der Waals surface area contributed by atoms with Crippen molar-refractivity contribution >= 4 is 39.4 Å². The number of imidazole rings is 2. The molecule has 4 heterocycles. The van der Waals surface area contributed by atoms with Crippen LogP contribution in [0.15, 0.2) is 91.0 Å². The van der Waals surface area contributed by atoms with E-state index in [1.54, 1.807) is 0 Å². The second kappa shape index (κ2) is 13.9. The maximum Gasteiger partial charge on any atom is 2.00 e. The van der Waals surface area contributed by atoms with Gasteiger partial charge < -0.3 is 19.1 Å². The summed E-state index contributed by atoms with van der Waals surface area (Å²) in [7, 11) is 0. The standard InChI is InChI=1S/C46H51N7.Pt/c1-43(2,3)30-21-31(44(4,5)6)23-34(22-30)53(41-26-32(45(7,8)9)24-39(49-41)51-28-47-35-17-13-15-19-37(35)51)42-27-33(46(10,11)12)25-40(50-42)52-29-48-36-18-14-16-20-38(36)52;/h13-27H,1-12H3;/q-2;+2. The van der Waals surface area contributed by atoms with Crippen LogP contribution in [0.25, 0.3) is 33.7 Å². The fourth-order valence-electron chi connectivity index (χ4n) is 6.48. The van der Waals surface area contributed by atoms with E-state index in [0.29, 0.717) is 0 Å². The summed E-state index contributed by atoms with van der Waals surface area (Å²) in [5.41, 5.74) is 8.82. The Balaban J connectivity index is 0.00000497. The van der Waals surface area contributed by atoms with Crippen molar-refractivity contribution in [2.24, 2.45) is 0 Å². The monoisotopic (exact) mass is 896 g/mol. The Bertz CT molecular complexity index is 2290. The third-order valence-corrected chi connectivity index (χ3v) is 9.94. The Hall–Kier alpha value is -4.61. The largest absolute Gasteiger partial charge is 2.00 e. The number of hydrogen-bond acceptors (Lipinski definition) is 5. The summed E-state index contributed by atoms with van der Waals surface area (Å²) in [6.45, 7) is 27.1. The number of aromatic nitrogens is 6. The summed E-state index contributed by atoms with van der Waals surface area (Å²) in [6.07, 6.45) is 6.48. The first-order valence-corrected chi connectivity index (χ1v) is 18.5. The second-order valence-corrected chi connectivity index (χ2v) is 18.3. The van der Waals surface area contributed by atoms with Crippen LogP contribution in [0.2, 0.25) is 0 Å². The molecular weight excluding hydrogens is 846 g/mol. The van der Waals surface area contributed by atoms with Crippen LogP contribution in [0.5, 0.6) is 0 Å². The Kier molecular flexibility index (Phi) is 10.1. The molecule has 7 aromatic rings. The van der Waals surface area contributed by atoms with E-state index in [2.05, 4.69) is 165 Å². The molecule has 0 unspecified atom stereocenters. The molecule has 3 aromatic carbocycles. The quantitative estimate of drug-likeness (QED) is 0.161. The van der Waals surface area contributed by atoms with E-state index in [1.807, 2.05) is 45.5 Å². The molecule has 0 fully saturated rings. The van der Waals surface area contributed by atoms with Gasteiger partial charge in [0.05, 0.1) is 11.6 Å². The molecule has 8 heteroatoms. The number of para-hydroxylation sites is 4. The maximum absolute atomic E-state index is 5.46. The van der Waals surface area contributed by atoms with Crippen molar-refractivity contribution < 1.29 is 21.1 Å². The van der Waals surface area contributed by atoms with Crippen molar-refractivity contribution in [3.8, 4) is 11.6 Å². The van der Waals surface area contributed by atoms with Crippen LogP contribution in [0.1, 0.15) is 105 Å². The van der Waals surface area contributed by atoms with Gasteiger partial charge in [-0.3, -0.25) is 14.9 Å². The van der Waals surface area contributed by atoms with Crippen LogP contribution in [0.4, 0.5) is 17.3 Å². The number of benzene rings is 3. The number of rotatable bonds is 5. The minimum absolute atomic E-state index is 0. The van der Waals surface area contributed by atoms with Crippen LogP contribution in [-0.4, -0.2) is 29.1 Å². The van der Waals surface area contributed by atoms with E-state index in [0.717, 1.165) is 62.2 Å². The molecule has 7 rings (SSSR count). The number of anilines is 3. The number of hydrogen-bond donors (Lipinski definition) is 0. The van der Waals surface area contributed by atoms with Crippen molar-refractivity contribution in [3.05, 3.63) is 126 Å². The predicted octanol–water partition coefficient (Wildman–Crippen LogP) is 11.4. The predicted molar refractivity (Wildman–Crippen MR) is 218 cm³/mol. The first-order chi connectivity index (χ1) is 24.8. The molecule has 0 saturated carbocycles. The molecule has 0 amide bonds. The van der Waals surface area contributed by atoms with Crippen molar-refractivity contribution in [2.45, 2.75) is 105 Å². The van der Waals surface area contributed by atoms with Gasteiger partial charge in [0.2, 0.25) is 0 Å². The van der Waals surface area contributed by atoms with Crippen LogP contribution < -0.4 is 4.90 Å². The molecule has 0 aliphatic carbocycles. The van der Waals surface area contributed by atoms with Gasteiger partial charge in [-0.15, -0.1) is 0 Å². The minimum Gasteiger partial charge on any atom is -0.411 e. The molecule has 54 heavy (non-hydrogen) atoms. The summed E-state index contributed by atoms with van der Waals surface area (Å²) in [6, 6.07) is 31.9. The third-order valence-electron chi connectivity index (χ3n) is 9.94. The zero-order valence-electron chi connectivity index (χ0n) is 33.6. The van der Waals surface area contributed by atoms with Crippen LogP contribution in [0, 0.1) is 12.7 Å². The van der Waals surface area contributed by atoms with Crippen LogP contribution in [0.3, 0.4) is 0 Å². The third kappa shape index (κ3) is 7.66. The summed E-state index contributed by atoms with van der Waals surface area (Å²) in [4.78, 5) is 22.4. The zero-order chi connectivity index (χ0) is 38.1. The molecule has 4 aromatic heterocycles. The summed E-state index contributed by atoms with van der Waals surface area (Å²) in [5.74, 6) is 3.01. The van der Waals surface area contributed by atoms with Crippen molar-refractivity contribution in [1.29, 1.82) is 0 Å². The van der Waals surface area contributed by atoms with Crippen LogP contribution in [-0.2, 0) is 42.7 Å². The maximum atomic E-state index is 5.46. The molecule has 0 aliphatic rings. The molecule has 0 aliphatic heterocycles. The average molecular weight is 897 g/mol. The van der Waals surface area contributed by atoms with E-state index in [-0.39, 0.29) is 42.7 Å². The van der Waals surface area contributed by atoms with Gasteiger partial charge >= 0.3 is 21.1 Å². The summed E-state index contributed by atoms with van der Waals surface area (Å²) >= 11 is 0. The van der Waals surface area contributed by atoms with E-state index in [4.69, 9.17) is 9.97 Å². The zero-order valence-corrected chi connectivity index (χ0v) is 35.9. The van der Waals surface area contributed by atoms with Gasteiger partial charge in [0, 0.05) is 18.3 Å². The number of fused-ring (bicyclic) bond motifs is 2. The van der Waals surface area contributed by atoms with Gasteiger partial charge in [0.25, 0.3) is 0 Å². The molecule has 0 N–H and O–H groups in total. The Morgan fingerprint density at radius 2 is 0.815 bits per heavy atom. The summed E-state index contributed by atoms with van der Waals surface area (Å²) in [5, 5.41) is 0. The average Bonchev–Trinajstić information content (AvgIpc) is 3.72. The first-order valence-electron chi connectivity index (χ1n) is 18.5. The molecule has 0 spiro atoms. The van der Waals surface area contributed by atoms with Gasteiger partial charge in [0.15, 0.2) is 0 Å². The number of nitrogens with zero attached hydrogens (tertiary/aromatic N) is 7. The number of pyridine rings is 2. The fourth-order valence-corrected chi connectivity index (χ4v) is 6.48. The van der Waals surface area contributed by atoms with Gasteiger partial charge in [-0.25, -0.2) is 0 Å². The molecule has 280 valence electrons. The first kappa shape index (κ1) is 39.1. The van der Waals surface area contributed by atoms with Crippen LogP contribution >= 0.6 is 0 Å². The normalized spacial score (nSPS) is 12.7. The van der Waals surface area contributed by atoms with Crippen molar-refractivity contribution in [3.63, 3.8) is 0 Å². The van der Waals surface area contributed by atoms with Gasteiger partial charge in [0.1, 0.15) is 11.6 Å². The van der Waals surface area contributed by atoms with Crippen molar-refractivity contribution in [2.75, 3.05) is 4.90 Å². The van der Waals surface area contributed by atoms with Crippen molar-refractivity contribution in [1.82, 2.24) is 29.1 Å². The Morgan fingerprint density at radius 1 is 0.463 bits per heavy atom. The smallest absolute Gasteiger partial charge is 0.411 e. The van der Waals surface area contributed by atoms with E-state index >= 15 is 0 Å². The molecule has 0 bridgehead atoms. The topological polar surface area (TPSA) is 64.7 Å². The fraction of sp³-hybridized carbons (Fsp3) is 0.348. The molecular formula is C46H51N7Pt.